The molecule has 3 N–H and O–H groups in total. The van der Waals surface area contributed by atoms with Gasteiger partial charge in [-0.3, -0.25) is 4.79 Å². The van der Waals surface area contributed by atoms with Gasteiger partial charge in [-0.25, -0.2) is 0 Å². The lowest BCUT2D eigenvalue weighted by Crippen LogP contribution is -2.23. The minimum Gasteiger partial charge on any atom is -0.384 e. The van der Waals surface area contributed by atoms with Crippen molar-refractivity contribution in [2.45, 2.75) is 68.2 Å². The standard InChI is InChI=1S/C22H39N3O/c1-9-21(5,6)14-23-17-11-18(24-15-22(7,8)10-2)13-19(12-17)25-20(26)16(3)4/h11-13,16,23-24H,9-10,14-15H2,1-8H3,(H,25,26). The van der Waals surface area contributed by atoms with E-state index in [4.69, 9.17) is 0 Å². The van der Waals surface area contributed by atoms with Crippen LogP contribution in [0, 0.1) is 16.7 Å². The van der Waals surface area contributed by atoms with Crippen LogP contribution in [0.15, 0.2) is 18.2 Å². The number of carbonyl (C=O) groups excluding carboxylic acids is 1. The molecule has 1 amide bonds. The summed E-state index contributed by atoms with van der Waals surface area (Å²) in [5, 5.41) is 10.1. The third-order valence-corrected chi connectivity index (χ3v) is 5.18. The van der Waals surface area contributed by atoms with E-state index in [1.54, 1.807) is 0 Å². The minimum absolute atomic E-state index is 0.0378. The van der Waals surface area contributed by atoms with E-state index in [2.05, 4.69) is 63.6 Å². The van der Waals surface area contributed by atoms with Crippen LogP contribution in [0.25, 0.3) is 0 Å². The fraction of sp³-hybridized carbons (Fsp3) is 0.682. The second-order valence-corrected chi connectivity index (χ2v) is 9.19. The first-order valence-electron chi connectivity index (χ1n) is 9.92. The van der Waals surface area contributed by atoms with Crippen LogP contribution >= 0.6 is 0 Å². The van der Waals surface area contributed by atoms with E-state index in [-0.39, 0.29) is 22.7 Å². The lowest BCUT2D eigenvalue weighted by atomic mass is 9.90. The molecule has 0 aromatic heterocycles. The zero-order chi connectivity index (χ0) is 20.0. The lowest BCUT2D eigenvalue weighted by Gasteiger charge is -2.26. The Balaban J connectivity index is 2.99. The summed E-state index contributed by atoms with van der Waals surface area (Å²) in [5.74, 6) is -0.00282. The maximum atomic E-state index is 12.1. The van der Waals surface area contributed by atoms with Gasteiger partial charge in [0, 0.05) is 36.1 Å². The van der Waals surface area contributed by atoms with Gasteiger partial charge in [0.05, 0.1) is 0 Å². The van der Waals surface area contributed by atoms with Gasteiger partial charge in [0.2, 0.25) is 5.91 Å². The van der Waals surface area contributed by atoms with Gasteiger partial charge in [-0.05, 0) is 41.9 Å². The number of carbonyl (C=O) groups is 1. The SMILES string of the molecule is CCC(C)(C)CNc1cc(NCC(C)(C)CC)cc(NC(=O)C(C)C)c1. The third kappa shape index (κ3) is 7.67. The number of rotatable bonds is 10. The van der Waals surface area contributed by atoms with Crippen LogP contribution in [0.3, 0.4) is 0 Å². The highest BCUT2D eigenvalue weighted by Gasteiger charge is 2.17. The Hall–Kier alpha value is -1.71. The number of benzene rings is 1. The van der Waals surface area contributed by atoms with Crippen molar-refractivity contribution in [3.63, 3.8) is 0 Å². The van der Waals surface area contributed by atoms with Crippen molar-refractivity contribution in [3.8, 4) is 0 Å². The summed E-state index contributed by atoms with van der Waals surface area (Å²) in [7, 11) is 0. The number of hydrogen-bond donors (Lipinski definition) is 3. The summed E-state index contributed by atoms with van der Waals surface area (Å²) >= 11 is 0. The Morgan fingerprint density at radius 3 is 1.58 bits per heavy atom. The quantitative estimate of drug-likeness (QED) is 0.480. The smallest absolute Gasteiger partial charge is 0.226 e. The molecule has 0 heterocycles. The molecule has 1 aromatic rings. The van der Waals surface area contributed by atoms with E-state index in [9.17, 15) is 4.79 Å². The highest BCUT2D eigenvalue weighted by molar-refractivity contribution is 5.93. The van der Waals surface area contributed by atoms with Gasteiger partial charge >= 0.3 is 0 Å². The number of amides is 1. The average Bonchev–Trinajstić information content (AvgIpc) is 2.58. The lowest BCUT2D eigenvalue weighted by molar-refractivity contribution is -0.118. The van der Waals surface area contributed by atoms with Gasteiger partial charge in [0.25, 0.3) is 0 Å². The van der Waals surface area contributed by atoms with Crippen molar-refractivity contribution < 1.29 is 4.79 Å². The first-order chi connectivity index (χ1) is 12.0. The summed E-state index contributed by atoms with van der Waals surface area (Å²) < 4.78 is 0. The summed E-state index contributed by atoms with van der Waals surface area (Å²) in [6.07, 6.45) is 2.22. The molecule has 26 heavy (non-hydrogen) atoms. The number of hydrogen-bond acceptors (Lipinski definition) is 3. The molecule has 0 saturated carbocycles. The van der Waals surface area contributed by atoms with Crippen molar-refractivity contribution >= 4 is 23.0 Å². The molecule has 4 nitrogen and oxygen atoms in total. The van der Waals surface area contributed by atoms with Crippen LogP contribution in [-0.4, -0.2) is 19.0 Å². The fourth-order valence-electron chi connectivity index (χ4n) is 2.12. The zero-order valence-electron chi connectivity index (χ0n) is 18.0. The van der Waals surface area contributed by atoms with Crippen LogP contribution in [-0.2, 0) is 4.79 Å². The molecule has 0 spiro atoms. The molecule has 0 fully saturated rings. The summed E-state index contributed by atoms with van der Waals surface area (Å²) in [6, 6.07) is 6.16. The second-order valence-electron chi connectivity index (χ2n) is 9.19. The molecule has 0 saturated heterocycles. The average molecular weight is 362 g/mol. The van der Waals surface area contributed by atoms with Crippen LogP contribution in [0.1, 0.15) is 68.2 Å². The zero-order valence-corrected chi connectivity index (χ0v) is 18.0. The molecule has 0 radical (unpaired) electrons. The highest BCUT2D eigenvalue weighted by Crippen LogP contribution is 2.27. The van der Waals surface area contributed by atoms with Crippen molar-refractivity contribution in [2.75, 3.05) is 29.0 Å². The maximum Gasteiger partial charge on any atom is 0.226 e. The molecular formula is C22H39N3O. The Labute approximate surface area is 160 Å². The molecule has 0 aliphatic rings. The van der Waals surface area contributed by atoms with Crippen molar-refractivity contribution in [1.29, 1.82) is 0 Å². The van der Waals surface area contributed by atoms with Gasteiger partial charge < -0.3 is 16.0 Å². The Morgan fingerprint density at radius 1 is 0.846 bits per heavy atom. The molecule has 4 heteroatoms. The molecule has 0 atom stereocenters. The molecule has 1 rings (SSSR count). The van der Waals surface area contributed by atoms with Crippen molar-refractivity contribution in [2.24, 2.45) is 16.7 Å². The molecule has 0 aliphatic heterocycles. The van der Waals surface area contributed by atoms with E-state index >= 15 is 0 Å². The van der Waals surface area contributed by atoms with Crippen LogP contribution < -0.4 is 16.0 Å². The van der Waals surface area contributed by atoms with E-state index in [1.807, 2.05) is 26.0 Å². The fourth-order valence-corrected chi connectivity index (χ4v) is 2.12. The first kappa shape index (κ1) is 22.3. The summed E-state index contributed by atoms with van der Waals surface area (Å²) in [6.45, 7) is 19.0. The normalized spacial score (nSPS) is 12.2. The van der Waals surface area contributed by atoms with Gasteiger partial charge in [-0.15, -0.1) is 0 Å². The predicted octanol–water partition coefficient (Wildman–Crippen LogP) is 5.98. The summed E-state index contributed by atoms with van der Waals surface area (Å²) in [5.41, 5.74) is 3.36. The predicted molar refractivity (Wildman–Crippen MR) is 115 cm³/mol. The van der Waals surface area contributed by atoms with Crippen LogP contribution in [0.4, 0.5) is 17.1 Å². The van der Waals surface area contributed by atoms with E-state index in [0.717, 1.165) is 43.0 Å². The first-order valence-corrected chi connectivity index (χ1v) is 9.92. The molecule has 1 aromatic carbocycles. The van der Waals surface area contributed by atoms with Crippen LogP contribution in [0.5, 0.6) is 0 Å². The van der Waals surface area contributed by atoms with Gasteiger partial charge in [-0.2, -0.15) is 0 Å². The largest absolute Gasteiger partial charge is 0.384 e. The van der Waals surface area contributed by atoms with E-state index < -0.39 is 0 Å². The van der Waals surface area contributed by atoms with Crippen LogP contribution in [0.2, 0.25) is 0 Å². The molecule has 0 aliphatic carbocycles. The van der Waals surface area contributed by atoms with Crippen molar-refractivity contribution in [1.82, 2.24) is 0 Å². The highest BCUT2D eigenvalue weighted by atomic mass is 16.1. The van der Waals surface area contributed by atoms with E-state index in [0.29, 0.717) is 0 Å². The molecule has 148 valence electrons. The Bertz CT molecular complexity index is 553. The summed E-state index contributed by atoms with van der Waals surface area (Å²) in [4.78, 5) is 12.1. The third-order valence-electron chi connectivity index (χ3n) is 5.18. The second kappa shape index (κ2) is 9.29. The van der Waals surface area contributed by atoms with Gasteiger partial charge in [0.15, 0.2) is 0 Å². The van der Waals surface area contributed by atoms with Gasteiger partial charge in [-0.1, -0.05) is 55.4 Å². The Kier molecular flexibility index (Phi) is 7.98. The minimum atomic E-state index is -0.0407. The topological polar surface area (TPSA) is 53.2 Å². The maximum absolute atomic E-state index is 12.1. The number of nitrogens with one attached hydrogen (secondary N) is 3. The number of anilines is 3. The molecule has 0 unspecified atom stereocenters. The molecular weight excluding hydrogens is 322 g/mol. The van der Waals surface area contributed by atoms with E-state index in [1.165, 1.54) is 0 Å². The molecule has 0 bridgehead atoms. The van der Waals surface area contributed by atoms with Gasteiger partial charge in [0.1, 0.15) is 0 Å². The monoisotopic (exact) mass is 361 g/mol. The Morgan fingerprint density at radius 2 is 1.23 bits per heavy atom. The van der Waals surface area contributed by atoms with Crippen molar-refractivity contribution in [3.05, 3.63) is 18.2 Å².